The molecule has 0 spiro atoms. The first-order valence-electron chi connectivity index (χ1n) is 8.43. The Morgan fingerprint density at radius 1 is 1.07 bits per heavy atom. The van der Waals surface area contributed by atoms with Crippen molar-refractivity contribution in [3.05, 3.63) is 83.2 Å². The van der Waals surface area contributed by atoms with E-state index in [0.717, 1.165) is 9.99 Å². The van der Waals surface area contributed by atoms with E-state index in [1.165, 1.54) is 40.6 Å². The number of aliphatic imine (C=N–C) groups is 1. The number of halogens is 1. The summed E-state index contributed by atoms with van der Waals surface area (Å²) in [6, 6.07) is 19.5. The van der Waals surface area contributed by atoms with Crippen LogP contribution in [0.1, 0.15) is 5.76 Å². The molecular formula is C21H15FN2O2S2. The Morgan fingerprint density at radius 2 is 1.82 bits per heavy atom. The van der Waals surface area contributed by atoms with Crippen LogP contribution in [0.5, 0.6) is 0 Å². The summed E-state index contributed by atoms with van der Waals surface area (Å²) in [7, 11) is 1.66. The molecule has 1 aliphatic heterocycles. The Hall–Kier alpha value is -2.77. The summed E-state index contributed by atoms with van der Waals surface area (Å²) in [4.78, 5) is 20.0. The first-order chi connectivity index (χ1) is 13.6. The van der Waals surface area contributed by atoms with Crippen LogP contribution in [-0.2, 0) is 4.79 Å². The van der Waals surface area contributed by atoms with Gasteiger partial charge in [-0.2, -0.15) is 0 Å². The van der Waals surface area contributed by atoms with Gasteiger partial charge in [0.25, 0.3) is 5.91 Å². The SMILES string of the molecule is CN1C(=O)/C(=C\c2ccc(Sc3ccccc3)o2)SC1=Nc1ccc(F)cc1. The molecule has 4 nitrogen and oxygen atoms in total. The number of carbonyl (C=O) groups excluding carboxylic acids is 1. The second-order valence-corrected chi connectivity index (χ2v) is 8.00. The van der Waals surface area contributed by atoms with Crippen LogP contribution in [0.25, 0.3) is 6.08 Å². The fourth-order valence-corrected chi connectivity index (χ4v) is 4.24. The summed E-state index contributed by atoms with van der Waals surface area (Å²) in [5, 5.41) is 1.29. The molecule has 0 N–H and O–H groups in total. The van der Waals surface area contributed by atoms with Crippen molar-refractivity contribution >= 4 is 46.4 Å². The van der Waals surface area contributed by atoms with Crippen LogP contribution in [-0.4, -0.2) is 23.0 Å². The second-order valence-electron chi connectivity index (χ2n) is 5.92. The molecule has 3 aromatic rings. The number of carbonyl (C=O) groups is 1. The number of benzene rings is 2. The van der Waals surface area contributed by atoms with Gasteiger partial charge in [-0.15, -0.1) is 0 Å². The molecule has 1 fully saturated rings. The predicted octanol–water partition coefficient (Wildman–Crippen LogP) is 5.80. The topological polar surface area (TPSA) is 45.8 Å². The van der Waals surface area contributed by atoms with Gasteiger partial charge in [-0.1, -0.05) is 30.0 Å². The Labute approximate surface area is 170 Å². The number of amides is 1. The van der Waals surface area contributed by atoms with Gasteiger partial charge >= 0.3 is 0 Å². The lowest BCUT2D eigenvalue weighted by molar-refractivity contribution is -0.121. The molecule has 2 heterocycles. The standard InChI is InChI=1S/C21H15FN2O2S2/c1-24-20(25)18(28-21(24)23-15-9-7-14(22)8-10-15)13-16-11-12-19(26-16)27-17-5-3-2-4-6-17/h2-13H,1H3/b18-13+,23-21?. The number of likely N-dealkylation sites (N-methyl/N-ethyl adjacent to an activating group) is 1. The minimum absolute atomic E-state index is 0.153. The van der Waals surface area contributed by atoms with Crippen molar-refractivity contribution in [1.82, 2.24) is 4.90 Å². The third kappa shape index (κ3) is 4.21. The van der Waals surface area contributed by atoms with E-state index in [4.69, 9.17) is 4.42 Å². The van der Waals surface area contributed by atoms with Crippen LogP contribution >= 0.6 is 23.5 Å². The van der Waals surface area contributed by atoms with Gasteiger partial charge in [-0.25, -0.2) is 9.38 Å². The monoisotopic (exact) mass is 410 g/mol. The number of rotatable bonds is 4. The molecular weight excluding hydrogens is 395 g/mol. The van der Waals surface area contributed by atoms with Gasteiger partial charge in [0.15, 0.2) is 10.3 Å². The molecule has 0 saturated carbocycles. The molecule has 4 rings (SSSR count). The van der Waals surface area contributed by atoms with Crippen LogP contribution in [0.4, 0.5) is 10.1 Å². The van der Waals surface area contributed by atoms with Crippen molar-refractivity contribution in [2.45, 2.75) is 9.99 Å². The minimum atomic E-state index is -0.324. The van der Waals surface area contributed by atoms with E-state index in [1.807, 2.05) is 42.5 Å². The quantitative estimate of drug-likeness (QED) is 0.510. The summed E-state index contributed by atoms with van der Waals surface area (Å²) in [6.07, 6.45) is 1.71. The third-order valence-electron chi connectivity index (χ3n) is 3.89. The summed E-state index contributed by atoms with van der Waals surface area (Å²) in [5.41, 5.74) is 0.587. The fourth-order valence-electron chi connectivity index (χ4n) is 2.48. The average Bonchev–Trinajstić information content (AvgIpc) is 3.24. The van der Waals surface area contributed by atoms with Gasteiger partial charge in [0.2, 0.25) is 0 Å². The number of hydrogen-bond donors (Lipinski definition) is 0. The Bertz CT molecular complexity index is 1060. The van der Waals surface area contributed by atoms with Gasteiger partial charge in [0, 0.05) is 18.0 Å². The van der Waals surface area contributed by atoms with E-state index in [0.29, 0.717) is 21.5 Å². The molecule has 0 bridgehead atoms. The number of hydrogen-bond acceptors (Lipinski definition) is 5. The highest BCUT2D eigenvalue weighted by Crippen LogP contribution is 2.35. The van der Waals surface area contributed by atoms with E-state index < -0.39 is 0 Å². The molecule has 2 aromatic carbocycles. The highest BCUT2D eigenvalue weighted by molar-refractivity contribution is 8.18. The Balaban J connectivity index is 1.52. The lowest BCUT2D eigenvalue weighted by Crippen LogP contribution is -2.23. The summed E-state index contributed by atoms with van der Waals surface area (Å²) in [5.74, 6) is 0.125. The van der Waals surface area contributed by atoms with Crippen molar-refractivity contribution in [1.29, 1.82) is 0 Å². The zero-order valence-corrected chi connectivity index (χ0v) is 16.5. The molecule has 1 aliphatic rings. The molecule has 0 aliphatic carbocycles. The van der Waals surface area contributed by atoms with E-state index in [1.54, 1.807) is 25.3 Å². The third-order valence-corrected chi connectivity index (χ3v) is 5.88. The molecule has 0 unspecified atom stereocenters. The van der Waals surface area contributed by atoms with Crippen LogP contribution in [0.15, 0.2) is 91.0 Å². The molecule has 7 heteroatoms. The zero-order chi connectivity index (χ0) is 19.5. The smallest absolute Gasteiger partial charge is 0.266 e. The maximum Gasteiger partial charge on any atom is 0.266 e. The van der Waals surface area contributed by atoms with Crippen molar-refractivity contribution in [2.24, 2.45) is 4.99 Å². The second kappa shape index (κ2) is 8.08. The average molecular weight is 410 g/mol. The van der Waals surface area contributed by atoms with Gasteiger partial charge in [0.1, 0.15) is 11.6 Å². The molecule has 1 saturated heterocycles. The molecule has 140 valence electrons. The van der Waals surface area contributed by atoms with E-state index in [-0.39, 0.29) is 11.7 Å². The molecule has 1 amide bonds. The van der Waals surface area contributed by atoms with Crippen molar-refractivity contribution in [3.63, 3.8) is 0 Å². The zero-order valence-electron chi connectivity index (χ0n) is 14.8. The fraction of sp³-hybridized carbons (Fsp3) is 0.0476. The minimum Gasteiger partial charge on any atom is -0.450 e. The highest BCUT2D eigenvalue weighted by Gasteiger charge is 2.30. The van der Waals surface area contributed by atoms with E-state index >= 15 is 0 Å². The number of furan rings is 1. The van der Waals surface area contributed by atoms with Crippen LogP contribution in [0, 0.1) is 5.82 Å². The molecule has 1 aromatic heterocycles. The largest absolute Gasteiger partial charge is 0.450 e. The first-order valence-corrected chi connectivity index (χ1v) is 10.1. The first kappa shape index (κ1) is 18.6. The van der Waals surface area contributed by atoms with Crippen molar-refractivity contribution < 1.29 is 13.6 Å². The Morgan fingerprint density at radius 3 is 2.57 bits per heavy atom. The molecule has 0 atom stereocenters. The molecule has 28 heavy (non-hydrogen) atoms. The maximum atomic E-state index is 13.0. The Kier molecular flexibility index (Phi) is 5.36. The summed E-state index contributed by atoms with van der Waals surface area (Å²) in [6.45, 7) is 0. The van der Waals surface area contributed by atoms with E-state index in [9.17, 15) is 9.18 Å². The maximum absolute atomic E-state index is 13.0. The summed E-state index contributed by atoms with van der Waals surface area (Å²) >= 11 is 2.78. The van der Waals surface area contributed by atoms with Crippen LogP contribution in [0.3, 0.4) is 0 Å². The van der Waals surface area contributed by atoms with Crippen molar-refractivity contribution in [2.75, 3.05) is 7.05 Å². The van der Waals surface area contributed by atoms with Gasteiger partial charge < -0.3 is 4.42 Å². The highest BCUT2D eigenvalue weighted by atomic mass is 32.2. The van der Waals surface area contributed by atoms with Crippen LogP contribution < -0.4 is 0 Å². The number of thioether (sulfide) groups is 1. The van der Waals surface area contributed by atoms with Gasteiger partial charge in [-0.3, -0.25) is 9.69 Å². The lowest BCUT2D eigenvalue weighted by atomic mass is 10.3. The van der Waals surface area contributed by atoms with Crippen molar-refractivity contribution in [3.8, 4) is 0 Å². The normalized spacial score (nSPS) is 17.1. The lowest BCUT2D eigenvalue weighted by Gasteiger charge is -2.06. The van der Waals surface area contributed by atoms with Gasteiger partial charge in [-0.05, 0) is 60.3 Å². The summed E-state index contributed by atoms with van der Waals surface area (Å²) < 4.78 is 18.9. The molecule has 0 radical (unpaired) electrons. The van der Waals surface area contributed by atoms with Gasteiger partial charge in [0.05, 0.1) is 10.6 Å². The van der Waals surface area contributed by atoms with E-state index in [2.05, 4.69) is 4.99 Å². The number of nitrogens with zero attached hydrogens (tertiary/aromatic N) is 2. The predicted molar refractivity (Wildman–Crippen MR) is 111 cm³/mol. The van der Waals surface area contributed by atoms with Crippen LogP contribution in [0.2, 0.25) is 0 Å². The number of amidine groups is 1.